The lowest BCUT2D eigenvalue weighted by Crippen LogP contribution is -2.70. The predicted octanol–water partition coefficient (Wildman–Crippen LogP) is 6.95. The van der Waals surface area contributed by atoms with Crippen LogP contribution in [-0.2, 0) is 0 Å². The van der Waals surface area contributed by atoms with Crippen LogP contribution in [-0.4, -0.2) is 8.07 Å². The Hall–Kier alpha value is -3.76. The Bertz CT molecular complexity index is 2110. The molecule has 0 fully saturated rings. The molecule has 40 heavy (non-hydrogen) atoms. The summed E-state index contributed by atoms with van der Waals surface area (Å²) in [6, 6.07) is 48.0. The van der Waals surface area contributed by atoms with Crippen molar-refractivity contribution in [3.8, 4) is 0 Å². The van der Waals surface area contributed by atoms with Crippen molar-refractivity contribution in [3.05, 3.63) is 137 Å². The summed E-state index contributed by atoms with van der Waals surface area (Å²) in [7, 11) is -2.71. The normalized spacial score (nSPS) is 15.4. The van der Waals surface area contributed by atoms with E-state index in [9.17, 15) is 0 Å². The molecule has 2 aromatic heterocycles. The molecule has 5 aromatic carbocycles. The van der Waals surface area contributed by atoms with E-state index in [0.29, 0.717) is 5.92 Å². The molecule has 0 radical (unpaired) electrons. The van der Waals surface area contributed by atoms with Gasteiger partial charge in [0.05, 0.1) is 0 Å². The summed E-state index contributed by atoms with van der Waals surface area (Å²) in [6.07, 6.45) is 3.58. The quantitative estimate of drug-likeness (QED) is 0.160. The zero-order valence-corrected chi connectivity index (χ0v) is 24.9. The third-order valence-corrected chi connectivity index (χ3v) is 16.6. The number of benzene rings is 5. The zero-order valence-electron chi connectivity index (χ0n) is 22.3. The van der Waals surface area contributed by atoms with Crippen LogP contribution in [0.1, 0.15) is 13.3 Å². The first-order chi connectivity index (χ1) is 19.8. The van der Waals surface area contributed by atoms with E-state index in [1.54, 1.807) is 5.20 Å². The molecular formula is C37H28S2Si. The summed E-state index contributed by atoms with van der Waals surface area (Å²) in [4.78, 5) is 0. The topological polar surface area (TPSA) is 0 Å². The first kappa shape index (κ1) is 24.1. The SMILES string of the molecule is CC1CC=c2c(sc3ccccc23)=C1[Si](c1ccccc1)(c1ccccc1)c1cccc2c1sc1ccccc12. The van der Waals surface area contributed by atoms with Crippen LogP contribution in [0, 0.1) is 5.92 Å². The second-order valence-corrected chi connectivity index (χ2v) is 16.7. The predicted molar refractivity (Wildman–Crippen MR) is 180 cm³/mol. The number of thiophene rings is 2. The summed E-state index contributed by atoms with van der Waals surface area (Å²) in [5.74, 6) is 0.442. The van der Waals surface area contributed by atoms with Gasteiger partial charge in [-0.2, -0.15) is 0 Å². The van der Waals surface area contributed by atoms with Gasteiger partial charge in [0.1, 0.15) is 0 Å². The highest BCUT2D eigenvalue weighted by Crippen LogP contribution is 2.37. The lowest BCUT2D eigenvalue weighted by atomic mass is 10.0. The van der Waals surface area contributed by atoms with E-state index in [1.807, 2.05) is 22.7 Å². The van der Waals surface area contributed by atoms with Crippen LogP contribution in [0.25, 0.3) is 41.5 Å². The molecule has 1 atom stereocenters. The van der Waals surface area contributed by atoms with Gasteiger partial charge >= 0.3 is 0 Å². The molecule has 0 spiro atoms. The van der Waals surface area contributed by atoms with Crippen molar-refractivity contribution in [1.82, 2.24) is 0 Å². The Morgan fingerprint density at radius 1 is 0.575 bits per heavy atom. The minimum Gasteiger partial charge on any atom is -0.136 e. The first-order valence-corrected chi connectivity index (χ1v) is 17.6. The van der Waals surface area contributed by atoms with Crippen molar-refractivity contribution in [2.45, 2.75) is 13.3 Å². The first-order valence-electron chi connectivity index (χ1n) is 14.0. The highest BCUT2D eigenvalue weighted by atomic mass is 32.1. The number of fused-ring (bicyclic) bond motifs is 6. The second kappa shape index (κ2) is 9.41. The van der Waals surface area contributed by atoms with E-state index in [-0.39, 0.29) is 0 Å². The Kier molecular flexibility index (Phi) is 5.66. The molecule has 3 heteroatoms. The second-order valence-electron chi connectivity index (χ2n) is 10.9. The Morgan fingerprint density at radius 2 is 1.15 bits per heavy atom. The van der Waals surface area contributed by atoms with Gasteiger partial charge < -0.3 is 0 Å². The smallest absolute Gasteiger partial charge is 0.136 e. The third-order valence-electron chi connectivity index (χ3n) is 8.67. The fourth-order valence-electron chi connectivity index (χ4n) is 7.00. The van der Waals surface area contributed by atoms with Gasteiger partial charge in [-0.15, -0.1) is 22.7 Å². The van der Waals surface area contributed by atoms with Gasteiger partial charge in [0.15, 0.2) is 8.07 Å². The highest BCUT2D eigenvalue weighted by molar-refractivity contribution is 7.32. The number of hydrogen-bond donors (Lipinski definition) is 0. The monoisotopic (exact) mass is 564 g/mol. The lowest BCUT2D eigenvalue weighted by molar-refractivity contribution is 0.790. The molecule has 7 aromatic rings. The standard InChI is InChI=1S/C37H28S2Si/c1-25-23-24-31-29-18-9-11-21-33(29)39-36(31)37(25)40(26-13-4-2-5-14-26,27-15-6-3-7-16-27)34-22-12-19-30-28-17-8-10-20-32(28)38-35(30)34/h2-22,24-25H,23H2,1H3. The molecule has 8 rings (SSSR count). The van der Waals surface area contributed by atoms with Gasteiger partial charge in [0.25, 0.3) is 0 Å². The van der Waals surface area contributed by atoms with Crippen LogP contribution < -0.4 is 25.3 Å². The van der Waals surface area contributed by atoms with Crippen LogP contribution >= 0.6 is 22.7 Å². The highest BCUT2D eigenvalue weighted by Gasteiger charge is 2.47. The molecule has 0 saturated carbocycles. The summed E-state index contributed by atoms with van der Waals surface area (Å²) < 4.78 is 5.70. The molecule has 0 N–H and O–H groups in total. The van der Waals surface area contributed by atoms with Crippen molar-refractivity contribution in [2.75, 3.05) is 0 Å². The van der Waals surface area contributed by atoms with Crippen LogP contribution in [0.4, 0.5) is 0 Å². The van der Waals surface area contributed by atoms with Crippen molar-refractivity contribution in [3.63, 3.8) is 0 Å². The van der Waals surface area contributed by atoms with Crippen molar-refractivity contribution >= 4 is 87.8 Å². The largest absolute Gasteiger partial charge is 0.178 e. The summed E-state index contributed by atoms with van der Waals surface area (Å²) in [5, 5.41) is 11.7. The minimum absolute atomic E-state index is 0.442. The van der Waals surface area contributed by atoms with Gasteiger partial charge in [-0.05, 0) is 55.8 Å². The van der Waals surface area contributed by atoms with Gasteiger partial charge in [-0.1, -0.05) is 128 Å². The lowest BCUT2D eigenvalue weighted by Gasteiger charge is -2.39. The zero-order chi connectivity index (χ0) is 26.7. The van der Waals surface area contributed by atoms with Gasteiger partial charge in [-0.3, -0.25) is 0 Å². The average molecular weight is 565 g/mol. The van der Waals surface area contributed by atoms with Crippen molar-refractivity contribution in [1.29, 1.82) is 0 Å². The molecule has 0 bridgehead atoms. The Labute approximate surface area is 243 Å². The van der Waals surface area contributed by atoms with E-state index < -0.39 is 8.07 Å². The van der Waals surface area contributed by atoms with Gasteiger partial charge in [0.2, 0.25) is 0 Å². The van der Waals surface area contributed by atoms with Crippen LogP contribution in [0.2, 0.25) is 0 Å². The van der Waals surface area contributed by atoms with Crippen molar-refractivity contribution < 1.29 is 0 Å². The maximum atomic E-state index is 2.51. The Balaban J connectivity index is 1.64. The molecular weight excluding hydrogens is 537 g/mol. The molecule has 192 valence electrons. The molecule has 0 nitrogen and oxygen atoms in total. The summed E-state index contributed by atoms with van der Waals surface area (Å²) >= 11 is 3.98. The Morgan fingerprint density at radius 3 is 1.85 bits per heavy atom. The molecule has 0 saturated heterocycles. The molecule has 2 heterocycles. The van der Waals surface area contributed by atoms with E-state index in [2.05, 4.69) is 140 Å². The number of hydrogen-bond acceptors (Lipinski definition) is 2. The van der Waals surface area contributed by atoms with Gasteiger partial charge in [-0.25, -0.2) is 0 Å². The van der Waals surface area contributed by atoms with Gasteiger partial charge in [0, 0.05) is 29.4 Å². The fraction of sp³-hybridized carbons (Fsp3) is 0.0811. The van der Waals surface area contributed by atoms with E-state index in [0.717, 1.165) is 6.42 Å². The maximum Gasteiger partial charge on any atom is 0.178 e. The molecule has 1 aliphatic rings. The molecule has 1 unspecified atom stereocenters. The minimum atomic E-state index is -2.71. The average Bonchev–Trinajstić information content (AvgIpc) is 3.58. The molecule has 1 aliphatic carbocycles. The summed E-state index contributed by atoms with van der Waals surface area (Å²) in [6.45, 7) is 2.47. The fourth-order valence-corrected chi connectivity index (χ4v) is 16.0. The summed E-state index contributed by atoms with van der Waals surface area (Å²) in [5.41, 5.74) is 0. The molecule has 0 aliphatic heterocycles. The number of rotatable bonds is 4. The molecule has 0 amide bonds. The maximum absolute atomic E-state index is 2.71. The van der Waals surface area contributed by atoms with E-state index >= 15 is 0 Å². The van der Waals surface area contributed by atoms with Crippen LogP contribution in [0.15, 0.2) is 127 Å². The van der Waals surface area contributed by atoms with E-state index in [4.69, 9.17) is 0 Å². The third kappa shape index (κ3) is 3.42. The van der Waals surface area contributed by atoms with Crippen LogP contribution in [0.3, 0.4) is 0 Å². The van der Waals surface area contributed by atoms with E-state index in [1.165, 1.54) is 55.6 Å². The van der Waals surface area contributed by atoms with Crippen LogP contribution in [0.5, 0.6) is 0 Å². The van der Waals surface area contributed by atoms with Crippen molar-refractivity contribution in [2.24, 2.45) is 5.92 Å².